The van der Waals surface area contributed by atoms with Gasteiger partial charge in [0.15, 0.2) is 0 Å². The molecule has 0 aromatic heterocycles. The summed E-state index contributed by atoms with van der Waals surface area (Å²) in [6.07, 6.45) is 11.3. The Morgan fingerprint density at radius 1 is 0.655 bits per heavy atom. The highest BCUT2D eigenvalue weighted by Gasteiger charge is 2.40. The molecule has 6 aromatic rings. The summed E-state index contributed by atoms with van der Waals surface area (Å²) in [7, 11) is 0. The summed E-state index contributed by atoms with van der Waals surface area (Å²) in [6.45, 7) is 13.8. The number of nitrogens with zero attached hydrogens (tertiary/aromatic N) is 1. The van der Waals surface area contributed by atoms with Crippen molar-refractivity contribution >= 4 is 28.2 Å². The van der Waals surface area contributed by atoms with Crippen molar-refractivity contribution < 1.29 is 0 Å². The van der Waals surface area contributed by atoms with Crippen molar-refractivity contribution in [2.75, 3.05) is 4.90 Å². The van der Waals surface area contributed by atoms with Crippen LogP contribution in [0.2, 0.25) is 0 Å². The van der Waals surface area contributed by atoms with Crippen molar-refractivity contribution in [1.82, 2.24) is 0 Å². The number of allylic oxidation sites excluding steroid dienone is 8. The first kappa shape index (κ1) is 36.1. The molecule has 0 saturated heterocycles. The van der Waals surface area contributed by atoms with Crippen LogP contribution in [0, 0.1) is 12.8 Å². The van der Waals surface area contributed by atoms with Gasteiger partial charge in [0.1, 0.15) is 0 Å². The van der Waals surface area contributed by atoms with Crippen LogP contribution in [0.25, 0.3) is 33.4 Å². The summed E-state index contributed by atoms with van der Waals surface area (Å²) in [5, 5.41) is 0. The van der Waals surface area contributed by atoms with Crippen LogP contribution in [-0.4, -0.2) is 0 Å². The minimum absolute atomic E-state index is 0.0314. The topological polar surface area (TPSA) is 3.24 Å². The third-order valence-corrected chi connectivity index (χ3v) is 11.8. The monoisotopic (exact) mass is 713 g/mol. The fourth-order valence-corrected chi connectivity index (χ4v) is 8.76. The van der Waals surface area contributed by atoms with Crippen LogP contribution < -0.4 is 4.90 Å². The largest absolute Gasteiger partial charge is 0.311 e. The van der Waals surface area contributed by atoms with Gasteiger partial charge in [-0.1, -0.05) is 154 Å². The molecule has 272 valence electrons. The molecule has 6 aromatic carbocycles. The maximum Gasteiger partial charge on any atom is 0.0462 e. The Balaban J connectivity index is 1.09. The van der Waals surface area contributed by atoms with Crippen LogP contribution in [0.15, 0.2) is 181 Å². The highest BCUT2D eigenvalue weighted by atomic mass is 15.1. The van der Waals surface area contributed by atoms with Crippen molar-refractivity contribution in [2.24, 2.45) is 5.92 Å². The van der Waals surface area contributed by atoms with Gasteiger partial charge in [0, 0.05) is 22.5 Å². The Kier molecular flexibility index (Phi) is 9.89. The van der Waals surface area contributed by atoms with Gasteiger partial charge in [-0.05, 0) is 149 Å². The minimum Gasteiger partial charge on any atom is -0.311 e. The molecule has 0 amide bonds. The van der Waals surface area contributed by atoms with Gasteiger partial charge in [-0.2, -0.15) is 0 Å². The standard InChI is InChI=1S/C54H51N/c1-37(35-45-17-11-10-13-38(45)2)19-20-39(3)41-21-28-47(29-22-41)55(48-30-23-43(24-31-48)42-15-8-7-9-16-42)49-32-25-44(26-33-49)46-27-34-50-51-18-12-14-40(4)53(51)54(5,6)52(50)36-46/h7-13,15-34,36,40H,14,35H2,1-6H3/b37-19-,39-20+. The lowest BCUT2D eigenvalue weighted by molar-refractivity contribution is 0.530. The Hall–Kier alpha value is -5.92. The molecular weight excluding hydrogens is 663 g/mol. The highest BCUT2D eigenvalue weighted by molar-refractivity contribution is 5.89. The van der Waals surface area contributed by atoms with Crippen LogP contribution in [0.3, 0.4) is 0 Å². The first-order valence-electron chi connectivity index (χ1n) is 19.8. The molecule has 55 heavy (non-hydrogen) atoms. The highest BCUT2D eigenvalue weighted by Crippen LogP contribution is 2.52. The van der Waals surface area contributed by atoms with E-state index < -0.39 is 0 Å². The first-order chi connectivity index (χ1) is 26.7. The molecular formula is C54H51N. The second kappa shape index (κ2) is 15.1. The van der Waals surface area contributed by atoms with Crippen LogP contribution in [0.1, 0.15) is 68.9 Å². The van der Waals surface area contributed by atoms with Crippen LogP contribution in [-0.2, 0) is 11.8 Å². The van der Waals surface area contributed by atoms with E-state index in [-0.39, 0.29) is 5.41 Å². The summed E-state index contributed by atoms with van der Waals surface area (Å²) in [5.74, 6) is 0.572. The molecule has 0 N–H and O–H groups in total. The van der Waals surface area contributed by atoms with E-state index in [1.165, 1.54) is 66.8 Å². The van der Waals surface area contributed by atoms with Crippen LogP contribution >= 0.6 is 0 Å². The van der Waals surface area contributed by atoms with Gasteiger partial charge < -0.3 is 4.90 Å². The lowest BCUT2D eigenvalue weighted by Crippen LogP contribution is -2.22. The Morgan fingerprint density at radius 2 is 1.22 bits per heavy atom. The number of aryl methyl sites for hydroxylation is 1. The number of benzene rings is 6. The maximum absolute atomic E-state index is 2.44. The van der Waals surface area contributed by atoms with Crippen molar-refractivity contribution in [3.05, 3.63) is 209 Å². The van der Waals surface area contributed by atoms with Gasteiger partial charge >= 0.3 is 0 Å². The molecule has 0 heterocycles. The van der Waals surface area contributed by atoms with E-state index in [1.54, 1.807) is 5.57 Å². The van der Waals surface area contributed by atoms with E-state index in [0.717, 1.165) is 29.9 Å². The molecule has 0 aliphatic heterocycles. The molecule has 1 heteroatoms. The van der Waals surface area contributed by atoms with E-state index in [4.69, 9.17) is 0 Å². The maximum atomic E-state index is 2.44. The number of hydrogen-bond acceptors (Lipinski definition) is 1. The number of anilines is 3. The molecule has 0 bridgehead atoms. The lowest BCUT2D eigenvalue weighted by Gasteiger charge is -2.30. The average Bonchev–Trinajstić information content (AvgIpc) is 3.45. The molecule has 2 aliphatic carbocycles. The van der Waals surface area contributed by atoms with E-state index in [1.807, 2.05) is 0 Å². The van der Waals surface area contributed by atoms with E-state index in [2.05, 4.69) is 216 Å². The van der Waals surface area contributed by atoms with Crippen LogP contribution in [0.5, 0.6) is 0 Å². The second-order valence-electron chi connectivity index (χ2n) is 16.1. The Labute approximate surface area is 328 Å². The SMILES string of the molecule is C/C(=C/C=C(\C)c1ccc(N(c2ccc(-c3ccccc3)cc2)c2ccc(-c3ccc4c(c3)C(C)(C)C3=C4C=CCC3C)cc2)cc1)Cc1ccccc1C. The van der Waals surface area contributed by atoms with Gasteiger partial charge in [-0.3, -0.25) is 0 Å². The summed E-state index contributed by atoms with van der Waals surface area (Å²) < 4.78 is 0. The quantitative estimate of drug-likeness (QED) is 0.135. The van der Waals surface area contributed by atoms with Crippen molar-refractivity contribution in [3.8, 4) is 22.3 Å². The molecule has 1 unspecified atom stereocenters. The van der Waals surface area contributed by atoms with Gasteiger partial charge in [0.2, 0.25) is 0 Å². The molecule has 8 rings (SSSR count). The Morgan fingerprint density at radius 3 is 1.87 bits per heavy atom. The summed E-state index contributed by atoms with van der Waals surface area (Å²) in [4.78, 5) is 2.37. The third-order valence-electron chi connectivity index (χ3n) is 11.8. The second-order valence-corrected chi connectivity index (χ2v) is 16.1. The number of fused-ring (bicyclic) bond motifs is 2. The lowest BCUT2D eigenvalue weighted by atomic mass is 9.74. The smallest absolute Gasteiger partial charge is 0.0462 e. The zero-order valence-electron chi connectivity index (χ0n) is 33.1. The molecule has 2 aliphatic rings. The van der Waals surface area contributed by atoms with Gasteiger partial charge in [-0.15, -0.1) is 0 Å². The number of hydrogen-bond donors (Lipinski definition) is 0. The summed E-state index contributed by atoms with van der Waals surface area (Å²) in [6, 6.07) is 53.4. The van der Waals surface area contributed by atoms with E-state index in [0.29, 0.717) is 5.92 Å². The zero-order valence-corrected chi connectivity index (χ0v) is 33.1. The van der Waals surface area contributed by atoms with E-state index in [9.17, 15) is 0 Å². The number of rotatable bonds is 9. The van der Waals surface area contributed by atoms with Gasteiger partial charge in [0.05, 0.1) is 0 Å². The van der Waals surface area contributed by atoms with Gasteiger partial charge in [0.25, 0.3) is 0 Å². The molecule has 0 radical (unpaired) electrons. The molecule has 0 saturated carbocycles. The van der Waals surface area contributed by atoms with Crippen molar-refractivity contribution in [3.63, 3.8) is 0 Å². The van der Waals surface area contributed by atoms with E-state index >= 15 is 0 Å². The van der Waals surface area contributed by atoms with Gasteiger partial charge in [-0.25, -0.2) is 0 Å². The summed E-state index contributed by atoms with van der Waals surface area (Å²) in [5.41, 5.74) is 20.8. The fourth-order valence-electron chi connectivity index (χ4n) is 8.76. The molecule has 0 spiro atoms. The predicted molar refractivity (Wildman–Crippen MR) is 237 cm³/mol. The molecule has 1 atom stereocenters. The molecule has 0 fully saturated rings. The average molecular weight is 714 g/mol. The first-order valence-corrected chi connectivity index (χ1v) is 19.8. The van der Waals surface area contributed by atoms with Crippen molar-refractivity contribution in [2.45, 2.75) is 59.8 Å². The van der Waals surface area contributed by atoms with Crippen molar-refractivity contribution in [1.29, 1.82) is 0 Å². The third kappa shape index (κ3) is 7.20. The molecule has 1 nitrogen and oxygen atoms in total. The fraction of sp³-hybridized carbons (Fsp3) is 0.185. The Bertz CT molecular complexity index is 2450. The van der Waals surface area contributed by atoms with Crippen LogP contribution in [0.4, 0.5) is 17.1 Å². The predicted octanol–water partition coefficient (Wildman–Crippen LogP) is 15.0. The normalized spacial score (nSPS) is 16.2. The zero-order chi connectivity index (χ0) is 38.1. The summed E-state index contributed by atoms with van der Waals surface area (Å²) >= 11 is 0. The minimum atomic E-state index is 0.0314.